The Morgan fingerprint density at radius 1 is 0.974 bits per heavy atom. The second kappa shape index (κ2) is 9.68. The maximum atomic E-state index is 14.7. The summed E-state index contributed by atoms with van der Waals surface area (Å²) in [6.45, 7) is 8.24. The number of nitrogens with zero attached hydrogens (tertiary/aromatic N) is 2. The summed E-state index contributed by atoms with van der Waals surface area (Å²) in [6, 6.07) is 0. The van der Waals surface area contributed by atoms with E-state index in [0.717, 1.165) is 44.9 Å². The minimum atomic E-state index is -1.19. The number of fused-ring (bicyclic) bond motifs is 6. The Hall–Kier alpha value is -1.73. The highest BCUT2D eigenvalue weighted by Crippen LogP contribution is 2.68. The van der Waals surface area contributed by atoms with Crippen molar-refractivity contribution in [2.24, 2.45) is 46.3 Å². The zero-order valence-electron chi connectivity index (χ0n) is 23.7. The lowest BCUT2D eigenvalue weighted by atomic mass is 9.43. The normalized spacial score (nSPS) is 40.7. The number of halogens is 3. The van der Waals surface area contributed by atoms with Gasteiger partial charge in [-0.15, -0.1) is 0 Å². The topological polar surface area (TPSA) is 66.2 Å². The van der Waals surface area contributed by atoms with E-state index in [9.17, 15) is 23.4 Å². The van der Waals surface area contributed by atoms with Crippen molar-refractivity contribution >= 4 is 10.9 Å². The number of hydrogen-bond donors (Lipinski definition) is 2. The molecule has 2 N–H and O–H groups in total. The van der Waals surface area contributed by atoms with E-state index < -0.39 is 17.5 Å². The standard InChI is InChI=1S/C32H43F3N2O2/c1-16(5-10-26-36-15-21-29(35)27(33)17(2)28(34)30(21)37-26)22-8-9-23-20-7-6-18-13-19(38)11-12-31(18,3)24(20)14-25(39)32(22,23)4/h15-16,18-20,22-25,38-39H,5-14H2,1-4H3/t16-,18-,19-,20+,22-,23+,24?,25+,31+,32-/m1/s1. The molecule has 0 spiro atoms. The van der Waals surface area contributed by atoms with E-state index in [4.69, 9.17) is 0 Å². The van der Waals surface area contributed by atoms with Gasteiger partial charge in [0.1, 0.15) is 11.3 Å². The predicted octanol–water partition coefficient (Wildman–Crippen LogP) is 6.91. The van der Waals surface area contributed by atoms with E-state index in [1.165, 1.54) is 26.0 Å². The molecule has 0 saturated heterocycles. The SMILES string of the molecule is Cc1c(F)c(F)c2cnc(CC[C@@H](C)[C@H]3CC[C@H]4[C@@H]5CC[C@@H]6C[C@H](O)CC[C@]6(C)C5C[C@H](O)[C@]34C)nc2c1F. The van der Waals surface area contributed by atoms with Crippen molar-refractivity contribution in [1.82, 2.24) is 9.97 Å². The summed E-state index contributed by atoms with van der Waals surface area (Å²) in [5.41, 5.74) is -0.436. The maximum absolute atomic E-state index is 14.7. The first-order valence-electron chi connectivity index (χ1n) is 15.1. The monoisotopic (exact) mass is 544 g/mol. The first-order valence-corrected chi connectivity index (χ1v) is 15.1. The van der Waals surface area contributed by atoms with Crippen LogP contribution in [-0.2, 0) is 6.42 Å². The molecule has 214 valence electrons. The van der Waals surface area contributed by atoms with Crippen molar-refractivity contribution < 1.29 is 23.4 Å². The van der Waals surface area contributed by atoms with Crippen LogP contribution >= 0.6 is 0 Å². The summed E-state index contributed by atoms with van der Waals surface area (Å²) in [5.74, 6) is 0.248. The van der Waals surface area contributed by atoms with Crippen molar-refractivity contribution in [2.45, 2.75) is 104 Å². The number of hydrogen-bond acceptors (Lipinski definition) is 4. The highest BCUT2D eigenvalue weighted by Gasteiger charge is 2.63. The molecule has 0 radical (unpaired) electrons. The zero-order chi connectivity index (χ0) is 27.9. The van der Waals surface area contributed by atoms with Crippen LogP contribution in [0.25, 0.3) is 10.9 Å². The Morgan fingerprint density at radius 2 is 1.74 bits per heavy atom. The summed E-state index contributed by atoms with van der Waals surface area (Å²) in [5, 5.41) is 21.9. The van der Waals surface area contributed by atoms with Gasteiger partial charge in [-0.05, 0) is 111 Å². The second-order valence-corrected chi connectivity index (χ2v) is 14.0. The molecule has 4 fully saturated rings. The first kappa shape index (κ1) is 27.4. The summed E-state index contributed by atoms with van der Waals surface area (Å²) in [4.78, 5) is 8.54. The smallest absolute Gasteiger partial charge is 0.170 e. The Morgan fingerprint density at radius 3 is 2.51 bits per heavy atom. The second-order valence-electron chi connectivity index (χ2n) is 14.0. The van der Waals surface area contributed by atoms with Gasteiger partial charge in [0.25, 0.3) is 0 Å². The maximum Gasteiger partial charge on any atom is 0.170 e. The van der Waals surface area contributed by atoms with Gasteiger partial charge in [-0.25, -0.2) is 23.1 Å². The molecule has 1 aromatic carbocycles. The lowest BCUT2D eigenvalue weighted by molar-refractivity contribution is -0.174. The Kier molecular flexibility index (Phi) is 6.81. The molecule has 39 heavy (non-hydrogen) atoms. The fraction of sp³-hybridized carbons (Fsp3) is 0.750. The average Bonchev–Trinajstić information content (AvgIpc) is 3.29. The predicted molar refractivity (Wildman–Crippen MR) is 144 cm³/mol. The van der Waals surface area contributed by atoms with E-state index in [0.29, 0.717) is 47.8 Å². The lowest BCUT2D eigenvalue weighted by Gasteiger charge is -2.62. The molecule has 1 heterocycles. The molecule has 7 heteroatoms. The van der Waals surface area contributed by atoms with Gasteiger partial charge in [0.2, 0.25) is 0 Å². The molecule has 2 aromatic rings. The van der Waals surface area contributed by atoms with E-state index in [1.807, 2.05) is 0 Å². The van der Waals surface area contributed by atoms with Crippen molar-refractivity contribution in [3.05, 3.63) is 35.0 Å². The fourth-order valence-electron chi connectivity index (χ4n) is 10.1. The van der Waals surface area contributed by atoms with Crippen LogP contribution in [0.3, 0.4) is 0 Å². The van der Waals surface area contributed by atoms with Gasteiger partial charge < -0.3 is 10.2 Å². The van der Waals surface area contributed by atoms with E-state index >= 15 is 0 Å². The van der Waals surface area contributed by atoms with Crippen LogP contribution in [0, 0.1) is 70.7 Å². The van der Waals surface area contributed by atoms with Crippen molar-refractivity contribution in [2.75, 3.05) is 0 Å². The summed E-state index contributed by atoms with van der Waals surface area (Å²) in [6.07, 6.45) is 10.4. The lowest BCUT2D eigenvalue weighted by Crippen LogP contribution is -2.58. The molecule has 4 saturated carbocycles. The quantitative estimate of drug-likeness (QED) is 0.410. The molecule has 4 nitrogen and oxygen atoms in total. The average molecular weight is 545 g/mol. The van der Waals surface area contributed by atoms with Crippen LogP contribution < -0.4 is 0 Å². The zero-order valence-corrected chi connectivity index (χ0v) is 23.7. The summed E-state index contributed by atoms with van der Waals surface area (Å²) in [7, 11) is 0. The number of aliphatic hydroxyl groups excluding tert-OH is 2. The first-order chi connectivity index (χ1) is 18.5. The molecule has 0 aliphatic heterocycles. The molecule has 4 aliphatic rings. The Labute approximate surface area is 229 Å². The van der Waals surface area contributed by atoms with Crippen LogP contribution in [-0.4, -0.2) is 32.4 Å². The van der Waals surface area contributed by atoms with Crippen LogP contribution in [0.2, 0.25) is 0 Å². The van der Waals surface area contributed by atoms with Gasteiger partial charge in [-0.3, -0.25) is 0 Å². The van der Waals surface area contributed by atoms with Crippen molar-refractivity contribution in [3.63, 3.8) is 0 Å². The minimum Gasteiger partial charge on any atom is -0.393 e. The van der Waals surface area contributed by atoms with Crippen LogP contribution in [0.15, 0.2) is 6.20 Å². The molecule has 1 aromatic heterocycles. The highest BCUT2D eigenvalue weighted by atomic mass is 19.2. The number of rotatable bonds is 4. The molecule has 0 bridgehead atoms. The van der Waals surface area contributed by atoms with Gasteiger partial charge in [0.05, 0.1) is 17.6 Å². The Bertz CT molecular complexity index is 1270. The van der Waals surface area contributed by atoms with Crippen molar-refractivity contribution in [3.8, 4) is 0 Å². The number of benzene rings is 1. The molecular weight excluding hydrogens is 501 g/mol. The van der Waals surface area contributed by atoms with Gasteiger partial charge in [0, 0.05) is 18.2 Å². The molecule has 0 amide bonds. The van der Waals surface area contributed by atoms with Crippen LogP contribution in [0.5, 0.6) is 0 Å². The van der Waals surface area contributed by atoms with Gasteiger partial charge >= 0.3 is 0 Å². The van der Waals surface area contributed by atoms with Crippen LogP contribution in [0.1, 0.15) is 89.9 Å². The van der Waals surface area contributed by atoms with E-state index in [-0.39, 0.29) is 39.5 Å². The third-order valence-corrected chi connectivity index (χ3v) is 12.5. The highest BCUT2D eigenvalue weighted by molar-refractivity contribution is 5.80. The molecular formula is C32H43F3N2O2. The van der Waals surface area contributed by atoms with E-state index in [2.05, 4.69) is 30.7 Å². The Balaban J connectivity index is 1.19. The molecule has 4 aliphatic carbocycles. The summed E-state index contributed by atoms with van der Waals surface area (Å²) >= 11 is 0. The molecule has 1 unspecified atom stereocenters. The van der Waals surface area contributed by atoms with Crippen LogP contribution in [0.4, 0.5) is 13.2 Å². The summed E-state index contributed by atoms with van der Waals surface area (Å²) < 4.78 is 43.0. The number of aromatic nitrogens is 2. The number of aliphatic hydroxyl groups is 2. The number of aryl methyl sites for hydroxylation is 1. The molecule has 10 atom stereocenters. The molecule has 6 rings (SSSR count). The largest absolute Gasteiger partial charge is 0.393 e. The van der Waals surface area contributed by atoms with Gasteiger partial charge in [-0.1, -0.05) is 20.8 Å². The van der Waals surface area contributed by atoms with Gasteiger partial charge in [0.15, 0.2) is 17.5 Å². The van der Waals surface area contributed by atoms with E-state index in [1.54, 1.807) is 0 Å². The third-order valence-electron chi connectivity index (χ3n) is 12.5. The van der Waals surface area contributed by atoms with Crippen molar-refractivity contribution in [1.29, 1.82) is 0 Å². The van der Waals surface area contributed by atoms with Gasteiger partial charge in [-0.2, -0.15) is 0 Å². The fourth-order valence-corrected chi connectivity index (χ4v) is 10.1. The minimum absolute atomic E-state index is 0.133. The third kappa shape index (κ3) is 4.07.